The van der Waals surface area contributed by atoms with E-state index in [4.69, 9.17) is 19.9 Å². The van der Waals surface area contributed by atoms with Crippen LogP contribution in [0.4, 0.5) is 34.3 Å². The van der Waals surface area contributed by atoms with Gasteiger partial charge in [-0.1, -0.05) is 279 Å². The molecule has 0 saturated carbocycles. The van der Waals surface area contributed by atoms with Gasteiger partial charge in [-0.2, -0.15) is 0 Å². The summed E-state index contributed by atoms with van der Waals surface area (Å²) in [6, 6.07) is 126. The molecule has 6 nitrogen and oxygen atoms in total. The van der Waals surface area contributed by atoms with Gasteiger partial charge in [0.05, 0.1) is 50.7 Å². The van der Waals surface area contributed by atoms with Crippen molar-refractivity contribution in [2.45, 2.75) is 10.8 Å². The van der Waals surface area contributed by atoms with E-state index in [1.807, 2.05) is 63.5 Å². The van der Waals surface area contributed by atoms with Gasteiger partial charge in [0.25, 0.3) is 0 Å². The van der Waals surface area contributed by atoms with Gasteiger partial charge in [0, 0.05) is 59.1 Å². The Morgan fingerprint density at radius 3 is 0.824 bits per heavy atom. The third kappa shape index (κ3) is 10.2. The van der Waals surface area contributed by atoms with E-state index in [1.54, 1.807) is 0 Å². The molecular weight excluding hydrogens is 1390 g/mol. The molecule has 108 heavy (non-hydrogen) atoms. The molecule has 8 heterocycles. The number of hydrogen-bond donors (Lipinski definition) is 0. The molecule has 2 aliphatic heterocycles. The molecule has 2 aliphatic carbocycles. The largest absolute Gasteiger partial charge is 0.310 e. The van der Waals surface area contributed by atoms with Gasteiger partial charge in [0.15, 0.2) is 11.6 Å². The number of hydrogen-bond acceptors (Lipinski definition) is 10. The number of rotatable bonds is 10. The highest BCUT2D eigenvalue weighted by atomic mass is 32.1. The molecule has 0 bridgehead atoms. The third-order valence-corrected chi connectivity index (χ3v) is 25.8. The van der Waals surface area contributed by atoms with E-state index in [1.165, 1.54) is 103 Å². The van der Waals surface area contributed by atoms with Gasteiger partial charge in [-0.25, -0.2) is 19.9 Å². The lowest BCUT2D eigenvalue weighted by atomic mass is 9.65. The summed E-state index contributed by atoms with van der Waals surface area (Å²) in [6.07, 6.45) is 0. The molecule has 0 N–H and O–H groups in total. The van der Waals surface area contributed by atoms with E-state index >= 15 is 0 Å². The van der Waals surface area contributed by atoms with E-state index in [0.717, 1.165) is 73.3 Å². The fourth-order valence-electron chi connectivity index (χ4n) is 17.0. The molecular formula is C98H62N6S4. The Kier molecular flexibility index (Phi) is 15.4. The molecule has 508 valence electrons. The van der Waals surface area contributed by atoms with Gasteiger partial charge in [-0.05, 0) is 166 Å². The SMILES string of the molecule is c1ccc(-c2ccc(-c3cc(-c4ccc(N5c6ccccc6C6(c7ccccc75)c5ccsc5-c5sccc56)cc4)nc(-c4ccc(-c5ccccc5)cc4)n3)cc2)cc1.c1ccc(-c2ccc(-c3nc(-c4ccccc4)cc(N4c5ccccc5C5(c6ccccc64)c4ccsc4-c4sccc45)n3)cc2)cc1. The van der Waals surface area contributed by atoms with Crippen LogP contribution in [0.25, 0.3) is 109 Å². The summed E-state index contributed by atoms with van der Waals surface area (Å²) in [5.74, 6) is 2.23. The van der Waals surface area contributed by atoms with E-state index in [2.05, 4.69) is 365 Å². The van der Waals surface area contributed by atoms with Gasteiger partial charge in [0.1, 0.15) is 5.82 Å². The fourth-order valence-corrected chi connectivity index (χ4v) is 21.2. The van der Waals surface area contributed by atoms with E-state index in [0.29, 0.717) is 11.6 Å². The highest BCUT2D eigenvalue weighted by Gasteiger charge is 2.55. The van der Waals surface area contributed by atoms with Crippen molar-refractivity contribution >= 4 is 79.6 Å². The normalized spacial score (nSPS) is 13.3. The van der Waals surface area contributed by atoms with E-state index in [9.17, 15) is 0 Å². The van der Waals surface area contributed by atoms with Crippen molar-refractivity contribution in [2.24, 2.45) is 0 Å². The summed E-state index contributed by atoms with van der Waals surface area (Å²) in [5.41, 5.74) is 30.5. The van der Waals surface area contributed by atoms with Gasteiger partial charge in [-0.15, -0.1) is 45.3 Å². The Bertz CT molecular complexity index is 6140. The second-order valence-corrected chi connectivity index (χ2v) is 31.2. The lowest BCUT2D eigenvalue weighted by molar-refractivity contribution is 0.754. The van der Waals surface area contributed by atoms with Crippen LogP contribution in [-0.2, 0) is 10.8 Å². The lowest BCUT2D eigenvalue weighted by Crippen LogP contribution is -2.36. The molecule has 0 atom stereocenters. The number of para-hydroxylation sites is 4. The van der Waals surface area contributed by atoms with Crippen LogP contribution in [0.3, 0.4) is 0 Å². The van der Waals surface area contributed by atoms with Crippen LogP contribution in [0.5, 0.6) is 0 Å². The number of aromatic nitrogens is 4. The highest BCUT2D eigenvalue weighted by molar-refractivity contribution is 7.21. The molecule has 18 aromatic rings. The Labute approximate surface area is 642 Å². The molecule has 10 heteroatoms. The van der Waals surface area contributed by atoms with Crippen molar-refractivity contribution in [3.8, 4) is 109 Å². The minimum absolute atomic E-state index is 0.360. The molecule has 0 radical (unpaired) electrons. The molecule has 12 aromatic carbocycles. The molecule has 0 unspecified atom stereocenters. The van der Waals surface area contributed by atoms with Gasteiger partial charge < -0.3 is 4.90 Å². The summed E-state index contributed by atoms with van der Waals surface area (Å²) in [7, 11) is 0. The summed E-state index contributed by atoms with van der Waals surface area (Å²) >= 11 is 7.41. The van der Waals surface area contributed by atoms with Crippen molar-refractivity contribution in [3.63, 3.8) is 0 Å². The molecule has 0 amide bonds. The van der Waals surface area contributed by atoms with Crippen LogP contribution in [0, 0.1) is 0 Å². The number of anilines is 6. The zero-order valence-corrected chi connectivity index (χ0v) is 61.4. The summed E-state index contributed by atoms with van der Waals surface area (Å²) in [4.78, 5) is 31.3. The first-order chi connectivity index (χ1) is 53.5. The average molecular weight is 1450 g/mol. The highest BCUT2D eigenvalue weighted by Crippen LogP contribution is 2.67. The van der Waals surface area contributed by atoms with Crippen LogP contribution in [0.2, 0.25) is 0 Å². The van der Waals surface area contributed by atoms with Gasteiger partial charge >= 0.3 is 0 Å². The van der Waals surface area contributed by atoms with Crippen molar-refractivity contribution in [1.29, 1.82) is 0 Å². The van der Waals surface area contributed by atoms with Crippen LogP contribution in [0.15, 0.2) is 373 Å². The maximum Gasteiger partial charge on any atom is 0.162 e. The number of thiophene rings is 4. The van der Waals surface area contributed by atoms with Crippen molar-refractivity contribution < 1.29 is 0 Å². The molecule has 2 spiro atoms. The van der Waals surface area contributed by atoms with Crippen LogP contribution in [0.1, 0.15) is 44.5 Å². The van der Waals surface area contributed by atoms with E-state index in [-0.39, 0.29) is 10.8 Å². The second kappa shape index (κ2) is 26.1. The lowest BCUT2D eigenvalue weighted by Gasteiger charge is -2.44. The zero-order valence-electron chi connectivity index (χ0n) is 58.1. The standard InChI is InChI=1S/C55H35N3S2.C43H27N3S2/c1-3-11-36(12-4-1)38-19-23-40(24-20-38)48-35-49(57-54(56-48)42-25-21-39(22-26-42)37-13-5-2-6-14-37)41-27-29-43(30-28-41)58-50-17-9-7-15-44(50)55(45-16-8-10-18-51(45)58)46-31-33-59-52(46)53-47(55)32-34-60-53;1-3-11-28(12-4-1)29-19-21-31(22-20-29)42-44-36(30-13-5-2-6-14-30)27-39(45-42)46-37-17-9-7-15-32(37)43(33-16-8-10-18-38(33)46)34-23-25-47-40(34)41-35(43)24-26-48-41/h1-35H;1-27H. The minimum Gasteiger partial charge on any atom is -0.310 e. The summed E-state index contributed by atoms with van der Waals surface area (Å²) in [5, 5.41) is 9.01. The van der Waals surface area contributed by atoms with Gasteiger partial charge in [-0.3, -0.25) is 4.90 Å². The Morgan fingerprint density at radius 2 is 0.463 bits per heavy atom. The first-order valence-corrected chi connectivity index (χ1v) is 39.8. The maximum atomic E-state index is 5.36. The van der Waals surface area contributed by atoms with Crippen LogP contribution < -0.4 is 9.80 Å². The summed E-state index contributed by atoms with van der Waals surface area (Å²) in [6.45, 7) is 0. The Morgan fingerprint density at radius 1 is 0.204 bits per heavy atom. The predicted molar refractivity (Wildman–Crippen MR) is 450 cm³/mol. The Balaban J connectivity index is 0.000000141. The molecule has 0 saturated heterocycles. The zero-order chi connectivity index (χ0) is 71.3. The first kappa shape index (κ1) is 63.7. The van der Waals surface area contributed by atoms with Crippen molar-refractivity contribution in [3.05, 3.63) is 418 Å². The first-order valence-electron chi connectivity index (χ1n) is 36.3. The minimum atomic E-state index is -0.389. The molecule has 4 aliphatic rings. The van der Waals surface area contributed by atoms with E-state index < -0.39 is 0 Å². The topological polar surface area (TPSA) is 58.0 Å². The Hall–Kier alpha value is -12.8. The maximum absolute atomic E-state index is 5.36. The monoisotopic (exact) mass is 1450 g/mol. The molecule has 22 rings (SSSR count). The average Bonchev–Trinajstić information content (AvgIpc) is 1.49. The molecule has 0 fully saturated rings. The molecule has 6 aromatic heterocycles. The van der Waals surface area contributed by atoms with Crippen LogP contribution >= 0.6 is 45.3 Å². The number of benzene rings is 12. The summed E-state index contributed by atoms with van der Waals surface area (Å²) < 4.78 is 0. The third-order valence-electron chi connectivity index (χ3n) is 21.8. The second-order valence-electron chi connectivity index (χ2n) is 27.5. The predicted octanol–water partition coefficient (Wildman–Crippen LogP) is 26.8. The quantitative estimate of drug-likeness (QED) is 0.136. The van der Waals surface area contributed by atoms with Crippen molar-refractivity contribution in [1.82, 2.24) is 19.9 Å². The van der Waals surface area contributed by atoms with Crippen molar-refractivity contribution in [2.75, 3.05) is 9.80 Å². The fraction of sp³-hybridized carbons (Fsp3) is 0.0204. The number of fused-ring (bicyclic) bond motifs is 18. The number of nitrogens with zero attached hydrogens (tertiary/aromatic N) is 6. The smallest absolute Gasteiger partial charge is 0.162 e. The van der Waals surface area contributed by atoms with Gasteiger partial charge in [0.2, 0.25) is 0 Å². The van der Waals surface area contributed by atoms with Crippen LogP contribution in [-0.4, -0.2) is 19.9 Å².